The Hall–Kier alpha value is -0.978. The minimum atomic E-state index is -2.70. The van der Waals surface area contributed by atoms with Gasteiger partial charge in [-0.2, -0.15) is 0 Å². The minimum absolute atomic E-state index is 0.0558. The second-order valence-corrected chi connectivity index (χ2v) is 21.8. The van der Waals surface area contributed by atoms with Gasteiger partial charge in [0.25, 0.3) is 0 Å². The molecular formula is C28H33ClHgO2Si. The number of rotatable bonds is 8. The fourth-order valence-corrected chi connectivity index (χ4v) is 18.1. The Morgan fingerprint density at radius 2 is 1.39 bits per heavy atom. The number of halogens is 1. The summed E-state index contributed by atoms with van der Waals surface area (Å²) in [4.78, 5) is 0. The monoisotopic (exact) mass is 666 g/mol. The fourth-order valence-electron chi connectivity index (χ4n) is 5.24. The second kappa shape index (κ2) is 11.2. The maximum atomic E-state index is 7.66. The first-order chi connectivity index (χ1) is 16.0. The van der Waals surface area contributed by atoms with Gasteiger partial charge in [-0.3, -0.25) is 0 Å². The first kappa shape index (κ1) is 25.1. The molecule has 0 radical (unpaired) electrons. The van der Waals surface area contributed by atoms with E-state index >= 15 is 0 Å². The average molecular weight is 666 g/mol. The third kappa shape index (κ3) is 5.33. The molecule has 0 aliphatic carbocycles. The van der Waals surface area contributed by atoms with Crippen molar-refractivity contribution in [2.45, 2.75) is 54.3 Å². The van der Waals surface area contributed by atoms with E-state index in [0.717, 1.165) is 19.4 Å². The van der Waals surface area contributed by atoms with Crippen molar-refractivity contribution in [2.75, 3.05) is 6.61 Å². The van der Waals surface area contributed by atoms with Gasteiger partial charge >= 0.3 is 217 Å². The third-order valence-electron chi connectivity index (χ3n) is 6.86. The van der Waals surface area contributed by atoms with Crippen LogP contribution >= 0.6 is 8.25 Å². The SMILES string of the molecule is CC(C)(C)[Si](O[C@@H](c1ccccc1)[C@@H]([Hg][Cl])[C@H]1CCCO1)(c1ccccc1)c1ccccc1. The van der Waals surface area contributed by atoms with Crippen LogP contribution in [-0.2, 0) is 32.5 Å². The van der Waals surface area contributed by atoms with Crippen LogP contribution in [0.4, 0.5) is 0 Å². The van der Waals surface area contributed by atoms with E-state index in [1.807, 2.05) is 0 Å². The summed E-state index contributed by atoms with van der Waals surface area (Å²) >= 11 is -1.77. The van der Waals surface area contributed by atoms with Gasteiger partial charge in [-0.15, -0.1) is 0 Å². The normalized spacial score (nSPS) is 18.5. The number of hydrogen-bond acceptors (Lipinski definition) is 2. The van der Waals surface area contributed by atoms with Gasteiger partial charge in [0, 0.05) is 0 Å². The van der Waals surface area contributed by atoms with Crippen LogP contribution in [0.15, 0.2) is 91.0 Å². The summed E-state index contributed by atoms with van der Waals surface area (Å²) in [6.07, 6.45) is 2.37. The summed E-state index contributed by atoms with van der Waals surface area (Å²) in [5, 5.41) is 2.54. The van der Waals surface area contributed by atoms with Gasteiger partial charge < -0.3 is 0 Å². The molecule has 0 unspecified atom stereocenters. The zero-order valence-corrected chi connectivity index (χ0v) is 27.2. The molecule has 33 heavy (non-hydrogen) atoms. The molecule has 170 valence electrons. The molecule has 0 N–H and O–H groups in total. The van der Waals surface area contributed by atoms with Crippen LogP contribution in [0.1, 0.15) is 45.3 Å². The molecule has 0 amide bonds. The first-order valence-electron chi connectivity index (χ1n) is 12.0. The summed E-state index contributed by atoms with van der Waals surface area (Å²) < 4.78 is 14.2. The van der Waals surface area contributed by atoms with E-state index in [-0.39, 0.29) is 17.2 Å². The van der Waals surface area contributed by atoms with Crippen molar-refractivity contribution in [1.82, 2.24) is 0 Å². The van der Waals surface area contributed by atoms with Crippen molar-refractivity contribution < 1.29 is 32.5 Å². The standard InChI is InChI=1S/C28H33O2Si.ClH.Hg/c1-28(2,3)31(25-17-9-5-10-18-25,26-19-11-6-12-20-26)30-27(22-24-16-13-21-29-24)23-14-7-4-8-15-23;;/h4-12,14-15,17-20,22,24,27H,13,16,21H2,1-3H3;1H;/q;;+1/p-1/t24-,27-;;/m1../s1. The van der Waals surface area contributed by atoms with Crippen LogP contribution in [-0.4, -0.2) is 21.0 Å². The second-order valence-electron chi connectivity index (χ2n) is 9.98. The number of ether oxygens (including phenoxy) is 1. The van der Waals surface area contributed by atoms with Crippen molar-refractivity contribution in [1.29, 1.82) is 0 Å². The van der Waals surface area contributed by atoms with Crippen LogP contribution in [0, 0.1) is 0 Å². The third-order valence-corrected chi connectivity index (χ3v) is 20.1. The molecule has 3 aromatic carbocycles. The van der Waals surface area contributed by atoms with E-state index in [4.69, 9.17) is 17.4 Å². The Kier molecular flexibility index (Phi) is 8.51. The summed E-state index contributed by atoms with van der Waals surface area (Å²) in [5.41, 5.74) is 1.23. The fraction of sp³-hybridized carbons (Fsp3) is 0.357. The molecule has 2 nitrogen and oxygen atoms in total. The van der Waals surface area contributed by atoms with Crippen molar-refractivity contribution in [3.63, 3.8) is 0 Å². The molecule has 1 saturated heterocycles. The van der Waals surface area contributed by atoms with E-state index in [2.05, 4.69) is 112 Å². The van der Waals surface area contributed by atoms with E-state index in [1.54, 1.807) is 0 Å². The molecule has 4 rings (SSSR count). The van der Waals surface area contributed by atoms with Crippen LogP contribution in [0.2, 0.25) is 8.46 Å². The van der Waals surface area contributed by atoms with E-state index in [9.17, 15) is 0 Å². The van der Waals surface area contributed by atoms with E-state index in [0.29, 0.717) is 3.43 Å². The predicted molar refractivity (Wildman–Crippen MR) is 136 cm³/mol. The van der Waals surface area contributed by atoms with Gasteiger partial charge in [0.05, 0.1) is 0 Å². The zero-order valence-electron chi connectivity index (χ0n) is 19.9. The summed E-state index contributed by atoms with van der Waals surface area (Å²) in [6.45, 7) is 7.86. The van der Waals surface area contributed by atoms with E-state index in [1.165, 1.54) is 15.9 Å². The van der Waals surface area contributed by atoms with Crippen molar-refractivity contribution >= 4 is 26.9 Å². The van der Waals surface area contributed by atoms with Crippen LogP contribution in [0.5, 0.6) is 0 Å². The molecule has 0 saturated carbocycles. The van der Waals surface area contributed by atoms with Crippen molar-refractivity contribution in [3.8, 4) is 0 Å². The van der Waals surface area contributed by atoms with Crippen molar-refractivity contribution in [3.05, 3.63) is 96.6 Å². The molecular weight excluding hydrogens is 632 g/mol. The molecule has 0 bridgehead atoms. The van der Waals surface area contributed by atoms with Gasteiger partial charge in [0.2, 0.25) is 0 Å². The molecule has 1 aliphatic heterocycles. The van der Waals surface area contributed by atoms with Crippen LogP contribution in [0.25, 0.3) is 0 Å². The Labute approximate surface area is 215 Å². The molecule has 1 aliphatic rings. The molecule has 3 atom stereocenters. The Morgan fingerprint density at radius 1 is 0.879 bits per heavy atom. The van der Waals surface area contributed by atoms with Crippen LogP contribution < -0.4 is 10.4 Å². The predicted octanol–water partition coefficient (Wildman–Crippen LogP) is 6.51. The van der Waals surface area contributed by atoms with Crippen LogP contribution in [0.3, 0.4) is 0 Å². The quantitative estimate of drug-likeness (QED) is 0.256. The number of hydrogen-bond donors (Lipinski definition) is 0. The average Bonchev–Trinajstić information content (AvgIpc) is 3.37. The molecule has 3 aromatic rings. The van der Waals surface area contributed by atoms with Gasteiger partial charge in [-0.1, -0.05) is 0 Å². The summed E-state index contributed by atoms with van der Waals surface area (Å²) in [7, 11) is 4.20. The first-order valence-corrected chi connectivity index (χ1v) is 23.8. The molecule has 1 fully saturated rings. The van der Waals surface area contributed by atoms with E-state index < -0.39 is 31.7 Å². The Bertz CT molecular complexity index is 949. The zero-order chi connectivity index (χ0) is 23.3. The summed E-state index contributed by atoms with van der Waals surface area (Å²) in [5.74, 6) is 0. The van der Waals surface area contributed by atoms with Gasteiger partial charge in [-0.25, -0.2) is 0 Å². The molecule has 0 spiro atoms. The Balaban J connectivity index is 1.91. The molecule has 1 heterocycles. The number of benzene rings is 3. The molecule has 5 heteroatoms. The summed E-state index contributed by atoms with van der Waals surface area (Å²) in [6, 6.07) is 32.6. The van der Waals surface area contributed by atoms with Crippen molar-refractivity contribution in [2.24, 2.45) is 0 Å². The molecule has 0 aromatic heterocycles. The maximum absolute atomic E-state index is 7.66. The van der Waals surface area contributed by atoms with Gasteiger partial charge in [0.15, 0.2) is 0 Å². The van der Waals surface area contributed by atoms with Gasteiger partial charge in [0.1, 0.15) is 0 Å². The topological polar surface area (TPSA) is 18.5 Å². The van der Waals surface area contributed by atoms with Gasteiger partial charge in [-0.05, 0) is 0 Å². The Morgan fingerprint density at radius 3 is 1.82 bits per heavy atom.